The Morgan fingerprint density at radius 1 is 1.04 bits per heavy atom. The number of aliphatic imine (C=N–C) groups is 1. The average molecular weight is 386 g/mol. The molecule has 0 radical (unpaired) electrons. The van der Waals surface area contributed by atoms with Crippen LogP contribution < -0.4 is 10.6 Å². The summed E-state index contributed by atoms with van der Waals surface area (Å²) in [7, 11) is 1.74. The summed E-state index contributed by atoms with van der Waals surface area (Å²) in [4.78, 5) is 6.74. The van der Waals surface area contributed by atoms with Crippen molar-refractivity contribution in [2.75, 3.05) is 26.7 Å². The van der Waals surface area contributed by atoms with Crippen molar-refractivity contribution < 1.29 is 8.78 Å². The molecule has 0 bridgehead atoms. The van der Waals surface area contributed by atoms with E-state index in [0.717, 1.165) is 44.5 Å². The van der Waals surface area contributed by atoms with Crippen LogP contribution in [0.5, 0.6) is 0 Å². The predicted octanol–water partition coefficient (Wildman–Crippen LogP) is 3.34. The van der Waals surface area contributed by atoms with Crippen LogP contribution in [0.2, 0.25) is 0 Å². The van der Waals surface area contributed by atoms with Crippen LogP contribution in [0, 0.1) is 11.6 Å². The van der Waals surface area contributed by atoms with Gasteiger partial charge in [-0.05, 0) is 42.5 Å². The Kier molecular flexibility index (Phi) is 7.37. The predicted molar refractivity (Wildman–Crippen MR) is 109 cm³/mol. The summed E-state index contributed by atoms with van der Waals surface area (Å²) in [5, 5.41) is 6.70. The second kappa shape index (κ2) is 10.2. The van der Waals surface area contributed by atoms with Crippen molar-refractivity contribution in [2.24, 2.45) is 4.99 Å². The third kappa shape index (κ3) is 6.30. The molecule has 1 saturated heterocycles. The maximum Gasteiger partial charge on any atom is 0.191 e. The van der Waals surface area contributed by atoms with E-state index in [-0.39, 0.29) is 0 Å². The average Bonchev–Trinajstić information content (AvgIpc) is 2.68. The van der Waals surface area contributed by atoms with Gasteiger partial charge in [-0.25, -0.2) is 8.78 Å². The highest BCUT2D eigenvalue weighted by molar-refractivity contribution is 5.79. The molecule has 2 N–H and O–H groups in total. The molecule has 0 atom stereocenters. The highest BCUT2D eigenvalue weighted by Gasteiger charge is 2.19. The second-order valence-electron chi connectivity index (χ2n) is 7.21. The third-order valence-corrected chi connectivity index (χ3v) is 5.03. The number of hydrogen-bond donors (Lipinski definition) is 2. The Hall–Kier alpha value is -2.47. The number of nitrogens with zero attached hydrogens (tertiary/aromatic N) is 2. The molecule has 0 amide bonds. The van der Waals surface area contributed by atoms with E-state index in [1.807, 2.05) is 6.07 Å². The number of nitrogens with one attached hydrogen (secondary N) is 2. The number of hydrogen-bond acceptors (Lipinski definition) is 2. The lowest BCUT2D eigenvalue weighted by Gasteiger charge is -2.33. The van der Waals surface area contributed by atoms with E-state index < -0.39 is 11.6 Å². The highest BCUT2D eigenvalue weighted by atomic mass is 19.1. The summed E-state index contributed by atoms with van der Waals surface area (Å²) in [5.74, 6) is -0.349. The van der Waals surface area contributed by atoms with Gasteiger partial charge in [0.2, 0.25) is 0 Å². The van der Waals surface area contributed by atoms with Crippen molar-refractivity contribution in [1.29, 1.82) is 0 Å². The van der Waals surface area contributed by atoms with Crippen LogP contribution in [0.3, 0.4) is 0 Å². The summed E-state index contributed by atoms with van der Waals surface area (Å²) >= 11 is 0. The molecule has 0 spiro atoms. The standard InChI is InChI=1S/C22H28F2N4/c1-25-22(26-10-7-18-13-19(23)15-20(24)14-18)27-21-8-11-28(12-9-21)16-17-5-3-2-4-6-17/h2-6,13-15,21H,7-12,16H2,1H3,(H2,25,26,27). The Morgan fingerprint density at radius 3 is 2.36 bits per heavy atom. The molecule has 1 heterocycles. The van der Waals surface area contributed by atoms with Gasteiger partial charge < -0.3 is 10.6 Å². The molecular formula is C22H28F2N4. The largest absolute Gasteiger partial charge is 0.356 e. The topological polar surface area (TPSA) is 39.7 Å². The number of piperidine rings is 1. The number of rotatable bonds is 6. The van der Waals surface area contributed by atoms with E-state index in [0.29, 0.717) is 24.6 Å². The van der Waals surface area contributed by atoms with E-state index >= 15 is 0 Å². The van der Waals surface area contributed by atoms with Crippen LogP contribution in [0.1, 0.15) is 24.0 Å². The monoisotopic (exact) mass is 386 g/mol. The molecule has 1 aliphatic heterocycles. The number of likely N-dealkylation sites (tertiary alicyclic amines) is 1. The molecule has 2 aromatic carbocycles. The Balaban J connectivity index is 1.39. The maximum atomic E-state index is 13.3. The smallest absolute Gasteiger partial charge is 0.191 e. The van der Waals surface area contributed by atoms with Gasteiger partial charge in [-0.15, -0.1) is 0 Å². The zero-order valence-electron chi connectivity index (χ0n) is 16.3. The molecule has 150 valence electrons. The van der Waals surface area contributed by atoms with E-state index in [2.05, 4.69) is 44.8 Å². The molecular weight excluding hydrogens is 358 g/mol. The summed E-state index contributed by atoms with van der Waals surface area (Å²) in [6.45, 7) is 3.65. The van der Waals surface area contributed by atoms with Gasteiger partial charge in [0.1, 0.15) is 11.6 Å². The van der Waals surface area contributed by atoms with Gasteiger partial charge in [0.05, 0.1) is 0 Å². The van der Waals surface area contributed by atoms with Gasteiger partial charge in [0.15, 0.2) is 5.96 Å². The van der Waals surface area contributed by atoms with E-state index in [9.17, 15) is 8.78 Å². The van der Waals surface area contributed by atoms with Crippen LogP contribution in [0.15, 0.2) is 53.5 Å². The third-order valence-electron chi connectivity index (χ3n) is 5.03. The SMILES string of the molecule is CN=C(NCCc1cc(F)cc(F)c1)NC1CCN(Cc2ccccc2)CC1. The normalized spacial score (nSPS) is 16.2. The molecule has 2 aromatic rings. The number of benzene rings is 2. The number of halogens is 2. The minimum absolute atomic E-state index is 0.379. The van der Waals surface area contributed by atoms with Crippen molar-refractivity contribution in [2.45, 2.75) is 31.8 Å². The van der Waals surface area contributed by atoms with Crippen LogP contribution in [-0.4, -0.2) is 43.6 Å². The van der Waals surface area contributed by atoms with E-state index in [1.54, 1.807) is 7.05 Å². The van der Waals surface area contributed by atoms with Gasteiger partial charge in [0.25, 0.3) is 0 Å². The fourth-order valence-electron chi connectivity index (χ4n) is 3.55. The molecule has 0 unspecified atom stereocenters. The quantitative estimate of drug-likeness (QED) is 0.591. The molecule has 0 saturated carbocycles. The lowest BCUT2D eigenvalue weighted by Crippen LogP contribution is -2.48. The Bertz CT molecular complexity index is 751. The van der Waals surface area contributed by atoms with E-state index in [1.165, 1.54) is 17.7 Å². The lowest BCUT2D eigenvalue weighted by atomic mass is 10.0. The van der Waals surface area contributed by atoms with Crippen LogP contribution in [-0.2, 0) is 13.0 Å². The first-order chi connectivity index (χ1) is 13.6. The fraction of sp³-hybridized carbons (Fsp3) is 0.409. The van der Waals surface area contributed by atoms with Gasteiger partial charge in [0, 0.05) is 45.3 Å². The van der Waals surface area contributed by atoms with Gasteiger partial charge in [-0.3, -0.25) is 9.89 Å². The maximum absolute atomic E-state index is 13.3. The van der Waals surface area contributed by atoms with Crippen LogP contribution >= 0.6 is 0 Å². The Morgan fingerprint density at radius 2 is 1.71 bits per heavy atom. The fourth-order valence-corrected chi connectivity index (χ4v) is 3.55. The van der Waals surface area contributed by atoms with Gasteiger partial charge in [-0.1, -0.05) is 30.3 Å². The van der Waals surface area contributed by atoms with E-state index in [4.69, 9.17) is 0 Å². The molecule has 28 heavy (non-hydrogen) atoms. The summed E-state index contributed by atoms with van der Waals surface area (Å²) in [5.41, 5.74) is 1.98. The van der Waals surface area contributed by atoms with Crippen LogP contribution in [0.4, 0.5) is 8.78 Å². The summed E-state index contributed by atoms with van der Waals surface area (Å²) in [6, 6.07) is 14.5. The molecule has 4 nitrogen and oxygen atoms in total. The zero-order valence-corrected chi connectivity index (χ0v) is 16.3. The van der Waals surface area contributed by atoms with Crippen molar-refractivity contribution in [3.05, 3.63) is 71.3 Å². The second-order valence-corrected chi connectivity index (χ2v) is 7.21. The lowest BCUT2D eigenvalue weighted by molar-refractivity contribution is 0.198. The van der Waals surface area contributed by atoms with Crippen LogP contribution in [0.25, 0.3) is 0 Å². The zero-order chi connectivity index (χ0) is 19.8. The molecule has 6 heteroatoms. The molecule has 0 aromatic heterocycles. The number of guanidine groups is 1. The van der Waals surface area contributed by atoms with Gasteiger partial charge in [-0.2, -0.15) is 0 Å². The van der Waals surface area contributed by atoms with Crippen molar-refractivity contribution in [3.63, 3.8) is 0 Å². The molecule has 0 aliphatic carbocycles. The Labute approximate surface area is 165 Å². The molecule has 3 rings (SSSR count). The minimum atomic E-state index is -0.542. The first-order valence-electron chi connectivity index (χ1n) is 9.81. The highest BCUT2D eigenvalue weighted by Crippen LogP contribution is 2.14. The first kappa shape index (κ1) is 20.3. The summed E-state index contributed by atoms with van der Waals surface area (Å²) in [6.07, 6.45) is 2.65. The molecule has 1 fully saturated rings. The van der Waals surface area contributed by atoms with Crippen molar-refractivity contribution in [1.82, 2.24) is 15.5 Å². The minimum Gasteiger partial charge on any atom is -0.356 e. The van der Waals surface area contributed by atoms with Gasteiger partial charge >= 0.3 is 0 Å². The van der Waals surface area contributed by atoms with Crippen molar-refractivity contribution in [3.8, 4) is 0 Å². The first-order valence-corrected chi connectivity index (χ1v) is 9.81. The van der Waals surface area contributed by atoms with Crippen molar-refractivity contribution >= 4 is 5.96 Å². The summed E-state index contributed by atoms with van der Waals surface area (Å²) < 4.78 is 26.5. The molecule has 1 aliphatic rings.